The fourth-order valence-electron chi connectivity index (χ4n) is 2.63. The number of morpholine rings is 1. The number of furan rings is 1. The van der Waals surface area contributed by atoms with Gasteiger partial charge in [0.05, 0.1) is 19.8 Å². The maximum Gasteiger partial charge on any atom is 0.118 e. The summed E-state index contributed by atoms with van der Waals surface area (Å²) in [5.41, 5.74) is 1.27. The molecule has 1 unspecified atom stereocenters. The lowest BCUT2D eigenvalue weighted by molar-refractivity contribution is -0.0154. The molecular weight excluding hydrogens is 252 g/mol. The van der Waals surface area contributed by atoms with Crippen LogP contribution in [-0.2, 0) is 17.8 Å². The Hall–Kier alpha value is -0.840. The van der Waals surface area contributed by atoms with Gasteiger partial charge in [0.2, 0.25) is 0 Å². The van der Waals surface area contributed by atoms with Crippen molar-refractivity contribution < 1.29 is 9.15 Å². The number of nitrogens with zero attached hydrogens (tertiary/aromatic N) is 1. The molecule has 114 valence electrons. The quantitative estimate of drug-likeness (QED) is 0.869. The van der Waals surface area contributed by atoms with E-state index in [0.717, 1.165) is 50.8 Å². The molecule has 0 radical (unpaired) electrons. The summed E-state index contributed by atoms with van der Waals surface area (Å²) < 4.78 is 11.5. The molecule has 0 aliphatic carbocycles. The van der Waals surface area contributed by atoms with Crippen molar-refractivity contribution in [3.8, 4) is 0 Å². The molecule has 0 bridgehead atoms. The van der Waals surface area contributed by atoms with E-state index in [2.05, 4.69) is 44.0 Å². The smallest absolute Gasteiger partial charge is 0.118 e. The first-order chi connectivity index (χ1) is 9.60. The highest BCUT2D eigenvalue weighted by atomic mass is 16.5. The minimum absolute atomic E-state index is 0.497. The number of rotatable bonds is 6. The van der Waals surface area contributed by atoms with Gasteiger partial charge in [-0.25, -0.2) is 0 Å². The van der Waals surface area contributed by atoms with E-state index in [9.17, 15) is 0 Å². The SMILES string of the molecule is CCC1COCCN1Cc1cc(CNC(C)C)c(C)o1. The molecule has 1 N–H and O–H groups in total. The Morgan fingerprint density at radius 2 is 2.25 bits per heavy atom. The Morgan fingerprint density at radius 1 is 1.45 bits per heavy atom. The van der Waals surface area contributed by atoms with Crippen LogP contribution in [0.25, 0.3) is 0 Å². The molecule has 1 fully saturated rings. The highest BCUT2D eigenvalue weighted by Gasteiger charge is 2.22. The molecule has 1 atom stereocenters. The maximum absolute atomic E-state index is 5.92. The fraction of sp³-hybridized carbons (Fsp3) is 0.750. The highest BCUT2D eigenvalue weighted by Crippen LogP contribution is 2.19. The first-order valence-electron chi connectivity index (χ1n) is 7.73. The zero-order valence-corrected chi connectivity index (χ0v) is 13.2. The standard InChI is InChI=1S/C16H28N2O2/c1-5-15-11-19-7-6-18(15)10-16-8-14(13(4)20-16)9-17-12(2)3/h8,12,15,17H,5-7,9-11H2,1-4H3. The van der Waals surface area contributed by atoms with Gasteiger partial charge in [0.1, 0.15) is 11.5 Å². The zero-order valence-electron chi connectivity index (χ0n) is 13.2. The van der Waals surface area contributed by atoms with Gasteiger partial charge in [0.25, 0.3) is 0 Å². The number of aryl methyl sites for hydroxylation is 1. The van der Waals surface area contributed by atoms with Gasteiger partial charge in [0, 0.05) is 30.7 Å². The average Bonchev–Trinajstić information content (AvgIpc) is 2.77. The van der Waals surface area contributed by atoms with Crippen molar-refractivity contribution >= 4 is 0 Å². The topological polar surface area (TPSA) is 37.6 Å². The molecule has 1 saturated heterocycles. The summed E-state index contributed by atoms with van der Waals surface area (Å²) in [5, 5.41) is 3.45. The monoisotopic (exact) mass is 280 g/mol. The van der Waals surface area contributed by atoms with E-state index in [1.165, 1.54) is 5.56 Å². The Labute approximate surface area is 122 Å². The third-order valence-electron chi connectivity index (χ3n) is 3.95. The van der Waals surface area contributed by atoms with Crippen LogP contribution >= 0.6 is 0 Å². The van der Waals surface area contributed by atoms with E-state index in [0.29, 0.717) is 12.1 Å². The third kappa shape index (κ3) is 4.08. The van der Waals surface area contributed by atoms with Crippen LogP contribution < -0.4 is 5.32 Å². The van der Waals surface area contributed by atoms with Crippen molar-refractivity contribution in [2.45, 2.75) is 59.3 Å². The zero-order chi connectivity index (χ0) is 14.5. The second kappa shape index (κ2) is 7.25. The summed E-state index contributed by atoms with van der Waals surface area (Å²) in [4.78, 5) is 2.47. The Bertz CT molecular complexity index is 415. The Morgan fingerprint density at radius 3 is 2.95 bits per heavy atom. The molecule has 1 aliphatic heterocycles. The molecule has 0 aromatic carbocycles. The van der Waals surface area contributed by atoms with Crippen molar-refractivity contribution in [1.82, 2.24) is 10.2 Å². The van der Waals surface area contributed by atoms with Gasteiger partial charge in [-0.3, -0.25) is 4.90 Å². The number of nitrogens with one attached hydrogen (secondary N) is 1. The van der Waals surface area contributed by atoms with Gasteiger partial charge < -0.3 is 14.5 Å². The van der Waals surface area contributed by atoms with E-state index in [1.54, 1.807) is 0 Å². The minimum atomic E-state index is 0.497. The van der Waals surface area contributed by atoms with E-state index < -0.39 is 0 Å². The molecule has 2 heterocycles. The Kier molecular flexibility index (Phi) is 5.64. The third-order valence-corrected chi connectivity index (χ3v) is 3.95. The number of hydrogen-bond acceptors (Lipinski definition) is 4. The van der Waals surface area contributed by atoms with Crippen molar-refractivity contribution in [3.63, 3.8) is 0 Å². The van der Waals surface area contributed by atoms with Gasteiger partial charge >= 0.3 is 0 Å². The van der Waals surface area contributed by atoms with Gasteiger partial charge in [-0.1, -0.05) is 20.8 Å². The van der Waals surface area contributed by atoms with E-state index in [4.69, 9.17) is 9.15 Å². The first-order valence-corrected chi connectivity index (χ1v) is 7.73. The molecule has 1 aromatic rings. The van der Waals surface area contributed by atoms with Crippen LogP contribution in [-0.4, -0.2) is 36.7 Å². The maximum atomic E-state index is 5.92. The van der Waals surface area contributed by atoms with Gasteiger partial charge in [-0.15, -0.1) is 0 Å². The summed E-state index contributed by atoms with van der Waals surface area (Å²) in [5.74, 6) is 2.11. The van der Waals surface area contributed by atoms with Gasteiger partial charge in [-0.05, 0) is 19.4 Å². The molecular formula is C16H28N2O2. The van der Waals surface area contributed by atoms with Crippen molar-refractivity contribution in [2.75, 3.05) is 19.8 Å². The Balaban J connectivity index is 1.96. The van der Waals surface area contributed by atoms with Crippen LogP contribution in [0.1, 0.15) is 44.3 Å². The molecule has 1 aromatic heterocycles. The van der Waals surface area contributed by atoms with Crippen molar-refractivity contribution in [2.24, 2.45) is 0 Å². The molecule has 0 spiro atoms. The normalized spacial score (nSPS) is 20.8. The fourth-order valence-corrected chi connectivity index (χ4v) is 2.63. The van der Waals surface area contributed by atoms with Crippen LogP contribution in [0.4, 0.5) is 0 Å². The second-order valence-electron chi connectivity index (χ2n) is 5.94. The lowest BCUT2D eigenvalue weighted by atomic mass is 10.1. The predicted molar refractivity (Wildman–Crippen MR) is 80.7 cm³/mol. The van der Waals surface area contributed by atoms with Gasteiger partial charge in [-0.2, -0.15) is 0 Å². The first kappa shape index (κ1) is 15.5. The van der Waals surface area contributed by atoms with E-state index in [1.807, 2.05) is 0 Å². The molecule has 0 amide bonds. The summed E-state index contributed by atoms with van der Waals surface area (Å²) in [6, 6.07) is 3.22. The average molecular weight is 280 g/mol. The lowest BCUT2D eigenvalue weighted by Crippen LogP contribution is -2.44. The van der Waals surface area contributed by atoms with Gasteiger partial charge in [0.15, 0.2) is 0 Å². The van der Waals surface area contributed by atoms with Crippen LogP contribution in [0.15, 0.2) is 10.5 Å². The van der Waals surface area contributed by atoms with Crippen LogP contribution in [0.2, 0.25) is 0 Å². The van der Waals surface area contributed by atoms with Crippen molar-refractivity contribution in [3.05, 3.63) is 23.2 Å². The second-order valence-corrected chi connectivity index (χ2v) is 5.94. The molecule has 20 heavy (non-hydrogen) atoms. The number of ether oxygens (including phenoxy) is 1. The molecule has 4 nitrogen and oxygen atoms in total. The van der Waals surface area contributed by atoms with E-state index in [-0.39, 0.29) is 0 Å². The summed E-state index contributed by atoms with van der Waals surface area (Å²) in [6.07, 6.45) is 1.13. The predicted octanol–water partition coefficient (Wildman–Crippen LogP) is 2.70. The largest absolute Gasteiger partial charge is 0.465 e. The van der Waals surface area contributed by atoms with E-state index >= 15 is 0 Å². The molecule has 2 rings (SSSR count). The molecule has 4 heteroatoms. The number of hydrogen-bond donors (Lipinski definition) is 1. The van der Waals surface area contributed by atoms with Crippen LogP contribution in [0.3, 0.4) is 0 Å². The van der Waals surface area contributed by atoms with Crippen LogP contribution in [0.5, 0.6) is 0 Å². The minimum Gasteiger partial charge on any atom is -0.465 e. The lowest BCUT2D eigenvalue weighted by Gasteiger charge is -2.34. The summed E-state index contributed by atoms with van der Waals surface area (Å²) in [7, 11) is 0. The summed E-state index contributed by atoms with van der Waals surface area (Å²) in [6.45, 7) is 13.0. The van der Waals surface area contributed by atoms with Crippen molar-refractivity contribution in [1.29, 1.82) is 0 Å². The molecule has 0 saturated carbocycles. The molecule has 1 aliphatic rings. The highest BCUT2D eigenvalue weighted by molar-refractivity contribution is 5.20. The van der Waals surface area contributed by atoms with Crippen LogP contribution in [0, 0.1) is 6.92 Å². The summed E-state index contributed by atoms with van der Waals surface area (Å²) >= 11 is 0.